The van der Waals surface area contributed by atoms with Gasteiger partial charge in [0.05, 0.1) is 26.9 Å². The van der Waals surface area contributed by atoms with E-state index in [0.717, 1.165) is 28.8 Å². The largest absolute Gasteiger partial charge is 0.488 e. The fraction of sp³-hybridized carbons (Fsp3) is 0.581. The summed E-state index contributed by atoms with van der Waals surface area (Å²) in [5.41, 5.74) is 4.21. The number of ether oxygens (including phenoxy) is 4. The minimum absolute atomic E-state index is 0.121. The number of methoxy groups -OCH3 is 2. The fourth-order valence-electron chi connectivity index (χ4n) is 4.71. The number of hydrogen-bond donors (Lipinski definition) is 5. The maximum Gasteiger partial charge on any atom is 0.238 e. The molecule has 0 aliphatic carbocycles. The lowest BCUT2D eigenvalue weighted by Crippen LogP contribution is -2.60. The Morgan fingerprint density at radius 2 is 1.78 bits per heavy atom. The van der Waals surface area contributed by atoms with Crippen LogP contribution in [0.3, 0.4) is 0 Å². The molecule has 10 heteroatoms. The fourth-order valence-corrected chi connectivity index (χ4v) is 4.71. The zero-order valence-electron chi connectivity index (χ0n) is 25.4. The topological polar surface area (TPSA) is 151 Å². The monoisotopic (exact) mass is 577 g/mol. The van der Waals surface area contributed by atoms with Crippen LogP contribution in [0.2, 0.25) is 0 Å². The molecule has 1 aromatic heterocycles. The van der Waals surface area contributed by atoms with E-state index >= 15 is 0 Å². The van der Waals surface area contributed by atoms with Gasteiger partial charge in [0.2, 0.25) is 17.1 Å². The van der Waals surface area contributed by atoms with Crippen LogP contribution in [0.4, 0.5) is 0 Å². The van der Waals surface area contributed by atoms with E-state index in [2.05, 4.69) is 23.2 Å². The van der Waals surface area contributed by atoms with Gasteiger partial charge in [-0.1, -0.05) is 48.5 Å². The van der Waals surface area contributed by atoms with Crippen molar-refractivity contribution in [3.05, 3.63) is 68.6 Å². The van der Waals surface area contributed by atoms with Gasteiger partial charge in [0, 0.05) is 23.6 Å². The maximum atomic E-state index is 12.5. The Bertz CT molecular complexity index is 1180. The normalized spacial score (nSPS) is 25.9. The first-order chi connectivity index (χ1) is 19.4. The van der Waals surface area contributed by atoms with Crippen molar-refractivity contribution >= 4 is 0 Å². The van der Waals surface area contributed by atoms with Crippen molar-refractivity contribution in [3.8, 4) is 11.6 Å². The number of hydrogen-bond acceptors (Lipinski definition) is 9. The average Bonchev–Trinajstić information content (AvgIpc) is 2.95. The second kappa shape index (κ2) is 16.1. The Morgan fingerprint density at radius 3 is 2.37 bits per heavy atom. The molecular weight excluding hydrogens is 530 g/mol. The molecule has 2 heterocycles. The van der Waals surface area contributed by atoms with E-state index in [0.29, 0.717) is 17.9 Å². The van der Waals surface area contributed by atoms with Crippen LogP contribution in [0.25, 0.3) is 0 Å². The lowest BCUT2D eigenvalue weighted by Gasteiger charge is -2.41. The third kappa shape index (κ3) is 8.88. The van der Waals surface area contributed by atoms with Gasteiger partial charge in [-0.2, -0.15) is 0 Å². The van der Waals surface area contributed by atoms with Crippen molar-refractivity contribution in [2.24, 2.45) is 5.92 Å². The Kier molecular flexibility index (Phi) is 13.5. The number of pyridine rings is 1. The first kappa shape index (κ1) is 34.5. The molecule has 1 fully saturated rings. The molecule has 1 aliphatic heterocycles. The number of aromatic amines is 1. The summed E-state index contributed by atoms with van der Waals surface area (Å²) in [4.78, 5) is 15.7. The van der Waals surface area contributed by atoms with Crippen LogP contribution in [-0.2, 0) is 15.9 Å². The molecule has 1 aromatic rings. The van der Waals surface area contributed by atoms with Crippen LogP contribution in [-0.4, -0.2) is 83.0 Å². The Labute approximate surface area is 242 Å². The molecule has 2 rings (SSSR count). The van der Waals surface area contributed by atoms with E-state index in [1.165, 1.54) is 14.2 Å². The van der Waals surface area contributed by atoms with E-state index in [4.69, 9.17) is 18.9 Å². The lowest BCUT2D eigenvalue weighted by atomic mass is 9.94. The van der Waals surface area contributed by atoms with Crippen molar-refractivity contribution in [3.63, 3.8) is 0 Å². The van der Waals surface area contributed by atoms with E-state index in [1.807, 2.05) is 46.8 Å². The highest BCUT2D eigenvalue weighted by Crippen LogP contribution is 2.28. The second-order valence-corrected chi connectivity index (χ2v) is 10.5. The number of nitrogens with one attached hydrogen (secondary N) is 1. The van der Waals surface area contributed by atoms with E-state index < -0.39 is 43.4 Å². The van der Waals surface area contributed by atoms with E-state index in [-0.39, 0.29) is 17.1 Å². The highest BCUT2D eigenvalue weighted by atomic mass is 16.7. The summed E-state index contributed by atoms with van der Waals surface area (Å²) in [6.45, 7) is 11.0. The summed E-state index contributed by atoms with van der Waals surface area (Å²) >= 11 is 0. The molecule has 0 radical (unpaired) electrons. The predicted molar refractivity (Wildman–Crippen MR) is 157 cm³/mol. The van der Waals surface area contributed by atoms with Crippen LogP contribution in [0.5, 0.6) is 11.6 Å². The number of aliphatic hydroxyl groups is 4. The van der Waals surface area contributed by atoms with Gasteiger partial charge in [-0.05, 0) is 46.6 Å². The Morgan fingerprint density at radius 1 is 1.10 bits per heavy atom. The molecule has 5 N–H and O–H groups in total. The minimum atomic E-state index is -1.50. The van der Waals surface area contributed by atoms with Crippen molar-refractivity contribution in [2.45, 2.75) is 91.2 Å². The molecule has 0 saturated carbocycles. The van der Waals surface area contributed by atoms with Gasteiger partial charge in [-0.3, -0.25) is 4.79 Å². The summed E-state index contributed by atoms with van der Waals surface area (Å²) in [5.74, 6) is 0.352. The van der Waals surface area contributed by atoms with E-state index in [9.17, 15) is 25.2 Å². The minimum Gasteiger partial charge on any atom is -0.488 e. The molecule has 41 heavy (non-hydrogen) atoms. The zero-order valence-corrected chi connectivity index (χ0v) is 25.4. The van der Waals surface area contributed by atoms with Gasteiger partial charge in [-0.25, -0.2) is 0 Å². The molecule has 1 aliphatic rings. The van der Waals surface area contributed by atoms with Gasteiger partial charge in [0.25, 0.3) is 0 Å². The Balaban J connectivity index is 2.08. The summed E-state index contributed by atoms with van der Waals surface area (Å²) in [6, 6.07) is 0. The van der Waals surface area contributed by atoms with Gasteiger partial charge >= 0.3 is 0 Å². The van der Waals surface area contributed by atoms with Crippen molar-refractivity contribution in [1.29, 1.82) is 0 Å². The summed E-state index contributed by atoms with van der Waals surface area (Å²) in [5, 5.41) is 40.1. The number of aromatic nitrogens is 1. The zero-order chi connectivity index (χ0) is 30.9. The van der Waals surface area contributed by atoms with Gasteiger partial charge in [0.1, 0.15) is 24.4 Å². The quantitative estimate of drug-likeness (QED) is 0.176. The molecule has 0 spiro atoms. The highest BCUT2D eigenvalue weighted by molar-refractivity contribution is 5.40. The number of aliphatic hydroxyl groups excluding tert-OH is 4. The standard InChI is InChI=1S/C31H47NO9/c1-9-19(4)28(41-31-27(37)26(36)25(35)23(16-33)40-31)20(5)15-18(3)12-10-11-17(2)13-14-22-21(6)24(34)29(38-7)30(32-22)39-8/h9-10,12-13,15,20,23,25-28,31,33,35-37H,11,14,16H2,1-8H3,(H,32,34)/b12-10-,17-13+,18-15+,19-9-/t20-,23-,25-,26-,27+,28-,31-/m0/s1. The number of H-pyrrole nitrogens is 1. The van der Waals surface area contributed by atoms with Crippen LogP contribution in [0.1, 0.15) is 52.3 Å². The molecule has 0 unspecified atom stereocenters. The van der Waals surface area contributed by atoms with Gasteiger partial charge in [-0.15, -0.1) is 0 Å². The molecule has 0 amide bonds. The van der Waals surface area contributed by atoms with Gasteiger partial charge in [0.15, 0.2) is 6.29 Å². The summed E-state index contributed by atoms with van der Waals surface area (Å²) in [7, 11) is 2.92. The highest BCUT2D eigenvalue weighted by Gasteiger charge is 2.45. The SMILES string of the molecule is C/C=C(/C)[C@H](O[C@@H]1O[C@@H](CO)[C@H](O)[C@H](O)[C@H]1O)[C@@H](C)/C=C(C)/C=C\C/C(C)=C/Cc1[nH]c(OC)c(OC)c(=O)c1C. The first-order valence-electron chi connectivity index (χ1n) is 13.8. The molecular formula is C31H47NO9. The number of allylic oxidation sites excluding steroid dienone is 6. The number of rotatable bonds is 13. The Hall–Kier alpha value is -2.73. The van der Waals surface area contributed by atoms with Gasteiger partial charge < -0.3 is 44.4 Å². The van der Waals surface area contributed by atoms with Crippen molar-refractivity contribution < 1.29 is 39.4 Å². The third-order valence-corrected chi connectivity index (χ3v) is 7.39. The summed E-state index contributed by atoms with van der Waals surface area (Å²) < 4.78 is 22.1. The van der Waals surface area contributed by atoms with Crippen LogP contribution < -0.4 is 14.9 Å². The first-order valence-corrected chi connectivity index (χ1v) is 13.8. The smallest absolute Gasteiger partial charge is 0.238 e. The molecule has 1 saturated heterocycles. The van der Waals surface area contributed by atoms with E-state index in [1.54, 1.807) is 6.92 Å². The second-order valence-electron chi connectivity index (χ2n) is 10.5. The predicted octanol–water partition coefficient (Wildman–Crippen LogP) is 2.87. The van der Waals surface area contributed by atoms with Crippen molar-refractivity contribution in [2.75, 3.05) is 20.8 Å². The summed E-state index contributed by atoms with van der Waals surface area (Å²) in [6.07, 6.45) is 4.24. The van der Waals surface area contributed by atoms with Crippen LogP contribution in [0, 0.1) is 12.8 Å². The third-order valence-electron chi connectivity index (χ3n) is 7.39. The molecule has 7 atom stereocenters. The molecule has 0 aromatic carbocycles. The maximum absolute atomic E-state index is 12.5. The molecule has 10 nitrogen and oxygen atoms in total. The molecule has 230 valence electrons. The van der Waals surface area contributed by atoms with Crippen LogP contribution in [0.15, 0.2) is 51.9 Å². The lowest BCUT2D eigenvalue weighted by molar-refractivity contribution is -0.310. The average molecular weight is 578 g/mol. The molecule has 0 bridgehead atoms. The van der Waals surface area contributed by atoms with Crippen molar-refractivity contribution in [1.82, 2.24) is 4.98 Å². The van der Waals surface area contributed by atoms with Crippen LogP contribution >= 0.6 is 0 Å².